The van der Waals surface area contributed by atoms with Crippen molar-refractivity contribution < 1.29 is 24.2 Å². The van der Waals surface area contributed by atoms with Crippen LogP contribution in [-0.2, 0) is 0 Å². The van der Waals surface area contributed by atoms with E-state index in [-0.39, 0.29) is 32.7 Å². The number of nitrogens with one attached hydrogen (secondary N) is 2. The molecule has 134 valence electrons. The highest BCUT2D eigenvalue weighted by Gasteiger charge is 2.45. The van der Waals surface area contributed by atoms with Gasteiger partial charge in [-0.3, -0.25) is 20.2 Å². The number of carbonyl (C=O) groups excluding carboxylic acids is 3. The maximum Gasteiger partial charge on any atom is 0.433 e. The van der Waals surface area contributed by atoms with Gasteiger partial charge in [-0.05, 0) is 12.5 Å². The Morgan fingerprint density at radius 2 is 1.92 bits per heavy atom. The number of hydrogen-bond acceptors (Lipinski definition) is 6. The molecule has 0 saturated heterocycles. The average molecular weight is 375 g/mol. The number of quaternary nitrogens is 1. The van der Waals surface area contributed by atoms with Gasteiger partial charge in [0.25, 0.3) is 5.91 Å². The summed E-state index contributed by atoms with van der Waals surface area (Å²) in [5, 5.41) is 14.1. The van der Waals surface area contributed by atoms with Crippen LogP contribution >= 0.6 is 11.3 Å². The molecule has 2 aromatic rings. The van der Waals surface area contributed by atoms with Crippen LogP contribution in [0.2, 0.25) is 0 Å². The van der Waals surface area contributed by atoms with Gasteiger partial charge in [-0.2, -0.15) is 0 Å². The van der Waals surface area contributed by atoms with Crippen LogP contribution in [0.5, 0.6) is 0 Å². The smallest absolute Gasteiger partial charge is 0.344 e. The van der Waals surface area contributed by atoms with Crippen molar-refractivity contribution in [3.63, 3.8) is 0 Å². The van der Waals surface area contributed by atoms with Crippen LogP contribution in [-0.4, -0.2) is 41.8 Å². The molecule has 0 fully saturated rings. The van der Waals surface area contributed by atoms with Crippen molar-refractivity contribution in [2.45, 2.75) is 6.92 Å². The van der Waals surface area contributed by atoms with E-state index in [9.17, 15) is 24.5 Å². The van der Waals surface area contributed by atoms with Crippen LogP contribution in [0.15, 0.2) is 24.3 Å². The second-order valence-corrected chi connectivity index (χ2v) is 6.91. The number of nitrogens with zero attached hydrogens (tertiary/aromatic N) is 2. The summed E-state index contributed by atoms with van der Waals surface area (Å²) >= 11 is 1.02. The molecule has 3 rings (SSSR count). The van der Waals surface area contributed by atoms with Crippen molar-refractivity contribution in [1.82, 2.24) is 4.90 Å². The van der Waals surface area contributed by atoms with Gasteiger partial charge in [0.1, 0.15) is 10.6 Å². The Kier molecular flexibility index (Phi) is 4.30. The van der Waals surface area contributed by atoms with E-state index in [0.717, 1.165) is 11.3 Å². The molecule has 0 radical (unpaired) electrons. The van der Waals surface area contributed by atoms with Gasteiger partial charge >= 0.3 is 17.6 Å². The van der Waals surface area contributed by atoms with Gasteiger partial charge in [0.05, 0.1) is 9.80 Å². The van der Waals surface area contributed by atoms with Crippen LogP contribution in [0.1, 0.15) is 25.6 Å². The molecular formula is C16H15N4O5S+. The molecule has 1 atom stereocenters. The topological polar surface area (TPSA) is 114 Å². The number of urea groups is 1. The minimum absolute atomic E-state index is 0.0447. The number of thiophene rings is 1. The summed E-state index contributed by atoms with van der Waals surface area (Å²) in [6.45, 7) is 1.62. The molecule has 4 amide bonds. The Hall–Kier alpha value is -3.11. The predicted octanol–water partition coefficient (Wildman–Crippen LogP) is 1.57. The lowest BCUT2D eigenvalue weighted by molar-refractivity contribution is -0.646. The summed E-state index contributed by atoms with van der Waals surface area (Å²) in [7, 11) is 3.18. The van der Waals surface area contributed by atoms with E-state index >= 15 is 0 Å². The standard InChI is InChI=1S/C16H14N4O5S/c1-8-11-13(26-12(8)15(22)18(2)3)17-16(23)19(14(11)21)9-6-4-5-7-10(9)20(24)25/h4-7H,1-3H3,(H,17,23)/p+1. The molecule has 2 heterocycles. The normalized spacial score (nSPS) is 16.0. The van der Waals surface area contributed by atoms with Crippen LogP contribution in [0, 0.1) is 17.0 Å². The number of amides is 4. The summed E-state index contributed by atoms with van der Waals surface area (Å²) < 4.78 is 0. The number of nitro benzene ring substituents is 1. The Morgan fingerprint density at radius 1 is 1.27 bits per heavy atom. The maximum absolute atomic E-state index is 13.0. The molecule has 0 spiro atoms. The fourth-order valence-corrected chi connectivity index (χ4v) is 3.99. The van der Waals surface area contributed by atoms with Gasteiger partial charge in [0.15, 0.2) is 0 Å². The number of carbonyl (C=O) groups is 3. The first-order valence-corrected chi connectivity index (χ1v) is 8.37. The zero-order chi connectivity index (χ0) is 19.2. The highest BCUT2D eigenvalue weighted by molar-refractivity contribution is 7.18. The lowest BCUT2D eigenvalue weighted by Gasteiger charge is -2.19. The van der Waals surface area contributed by atoms with E-state index < -0.39 is 16.9 Å². The van der Waals surface area contributed by atoms with E-state index in [1.165, 1.54) is 29.2 Å². The number of imide groups is 1. The molecule has 26 heavy (non-hydrogen) atoms. The number of hydrogen-bond donors (Lipinski definition) is 2. The minimum atomic E-state index is -0.720. The minimum Gasteiger partial charge on any atom is -0.344 e. The molecule has 0 aliphatic carbocycles. The molecular weight excluding hydrogens is 360 g/mol. The Balaban J connectivity index is 2.14. The quantitative estimate of drug-likeness (QED) is 0.624. The molecule has 9 nitrogen and oxygen atoms in total. The number of fused-ring (bicyclic) bond motifs is 1. The van der Waals surface area contributed by atoms with E-state index in [1.807, 2.05) is 0 Å². The molecule has 1 unspecified atom stereocenters. The number of anilines is 1. The van der Waals surface area contributed by atoms with E-state index in [0.29, 0.717) is 10.4 Å². The third-order valence-corrected chi connectivity index (χ3v) is 5.22. The largest absolute Gasteiger partial charge is 0.433 e. The zero-order valence-corrected chi connectivity index (χ0v) is 15.0. The van der Waals surface area contributed by atoms with Crippen molar-refractivity contribution in [2.75, 3.05) is 19.4 Å². The van der Waals surface area contributed by atoms with Gasteiger partial charge in [-0.15, -0.1) is 16.2 Å². The number of benzene rings is 1. The van der Waals surface area contributed by atoms with Crippen LogP contribution in [0.4, 0.5) is 21.2 Å². The Morgan fingerprint density at radius 3 is 2.54 bits per heavy atom. The van der Waals surface area contributed by atoms with Crippen molar-refractivity contribution in [3.05, 3.63) is 50.4 Å². The molecule has 1 aromatic carbocycles. The number of rotatable bonds is 3. The second kappa shape index (κ2) is 6.32. The third kappa shape index (κ3) is 2.65. The Labute approximate surface area is 152 Å². The zero-order valence-electron chi connectivity index (χ0n) is 14.2. The van der Waals surface area contributed by atoms with Crippen molar-refractivity contribution in [3.8, 4) is 0 Å². The summed E-state index contributed by atoms with van der Waals surface area (Å²) in [6.07, 6.45) is 0. The third-order valence-electron chi connectivity index (χ3n) is 4.03. The molecule has 0 saturated carbocycles. The summed E-state index contributed by atoms with van der Waals surface area (Å²) in [5.74, 6) is -0.902. The number of para-hydroxylation sites is 2. The predicted molar refractivity (Wildman–Crippen MR) is 94.1 cm³/mol. The second-order valence-electron chi connectivity index (χ2n) is 5.89. The monoisotopic (exact) mass is 375 g/mol. The molecule has 1 aromatic heterocycles. The van der Waals surface area contributed by atoms with E-state index in [2.05, 4.69) is 5.32 Å². The fraction of sp³-hybridized carbons (Fsp3) is 0.188. The molecule has 1 aliphatic heterocycles. The molecule has 1 aliphatic rings. The van der Waals surface area contributed by atoms with Gasteiger partial charge in [0.2, 0.25) is 5.69 Å². The van der Waals surface area contributed by atoms with Crippen molar-refractivity contribution in [1.29, 1.82) is 0 Å². The van der Waals surface area contributed by atoms with Gasteiger partial charge < -0.3 is 4.90 Å². The first-order chi connectivity index (χ1) is 12.2. The summed E-state index contributed by atoms with van der Waals surface area (Å²) in [5.41, 5.74) is 0.279. The maximum atomic E-state index is 13.0. The van der Waals surface area contributed by atoms with Gasteiger partial charge in [0, 0.05) is 26.2 Å². The lowest BCUT2D eigenvalue weighted by atomic mass is 10.1. The van der Waals surface area contributed by atoms with Crippen molar-refractivity contribution in [2.24, 2.45) is 0 Å². The highest BCUT2D eigenvalue weighted by atomic mass is 32.1. The van der Waals surface area contributed by atoms with Crippen LogP contribution in [0.3, 0.4) is 0 Å². The summed E-state index contributed by atoms with van der Waals surface area (Å²) in [4.78, 5) is 49.8. The first-order valence-electron chi connectivity index (χ1n) is 7.55. The molecule has 0 bridgehead atoms. The highest BCUT2D eigenvalue weighted by Crippen LogP contribution is 2.35. The Bertz CT molecular complexity index is 966. The molecule has 10 heteroatoms. The van der Waals surface area contributed by atoms with Crippen molar-refractivity contribution >= 4 is 45.6 Å². The van der Waals surface area contributed by atoms with E-state index in [1.54, 1.807) is 21.0 Å². The average Bonchev–Trinajstić information content (AvgIpc) is 2.90. The van der Waals surface area contributed by atoms with E-state index in [4.69, 9.17) is 0 Å². The van der Waals surface area contributed by atoms with Gasteiger partial charge in [-0.25, -0.2) is 9.59 Å². The lowest BCUT2D eigenvalue weighted by Crippen LogP contribution is -3.14. The summed E-state index contributed by atoms with van der Waals surface area (Å²) in [6, 6.07) is 4.86. The fourth-order valence-electron chi connectivity index (χ4n) is 2.76. The number of nitro groups is 1. The molecule has 2 N–H and O–H groups in total. The van der Waals surface area contributed by atoms with Gasteiger partial charge in [-0.1, -0.05) is 12.1 Å². The van der Waals surface area contributed by atoms with Crippen LogP contribution in [0.25, 0.3) is 0 Å². The SMILES string of the molecule is Cc1c(C(=O)N(C)C)sc2c1C(=O)[NH+](c1ccccc1[N+](=O)[O-])C(=O)N2. The first kappa shape index (κ1) is 17.7. The van der Waals surface area contributed by atoms with Crippen LogP contribution < -0.4 is 10.2 Å².